The molecule has 0 atom stereocenters. The van der Waals surface area contributed by atoms with Gasteiger partial charge in [0.25, 0.3) is 0 Å². The first-order chi connectivity index (χ1) is 9.97. The number of carboxylic acid groups (broad SMARTS) is 1. The Bertz CT molecular complexity index is 705. The van der Waals surface area contributed by atoms with Crippen LogP contribution >= 0.6 is 11.6 Å². The fourth-order valence-corrected chi connectivity index (χ4v) is 2.17. The van der Waals surface area contributed by atoms with Gasteiger partial charge in [0.15, 0.2) is 5.75 Å². The molecule has 0 aliphatic carbocycles. The van der Waals surface area contributed by atoms with Gasteiger partial charge in [0.2, 0.25) is 0 Å². The van der Waals surface area contributed by atoms with Gasteiger partial charge in [-0.3, -0.25) is 0 Å². The molecule has 0 saturated heterocycles. The highest BCUT2D eigenvalue weighted by atomic mass is 35.5. The lowest BCUT2D eigenvalue weighted by Gasteiger charge is -2.13. The molecule has 0 saturated carbocycles. The van der Waals surface area contributed by atoms with Gasteiger partial charge < -0.3 is 9.84 Å². The van der Waals surface area contributed by atoms with Crippen molar-refractivity contribution in [1.29, 1.82) is 0 Å². The molecule has 0 aromatic heterocycles. The van der Waals surface area contributed by atoms with Gasteiger partial charge in [-0.15, -0.1) is 0 Å². The third kappa shape index (κ3) is 3.86. The third-order valence-corrected chi connectivity index (χ3v) is 3.24. The minimum absolute atomic E-state index is 0.433. The standard InChI is InChI=1S/C17H15ClO3/c1-11-6-8-15(12(2)10-11)21-17-13(7-9-16(19)20)4-3-5-14(17)18/h3-10H,1-2H3,(H,19,20)/b9-7+. The molecular formula is C17H15ClO3. The summed E-state index contributed by atoms with van der Waals surface area (Å²) in [5.41, 5.74) is 2.75. The molecule has 0 bridgehead atoms. The van der Waals surface area contributed by atoms with Crippen LogP contribution in [0.4, 0.5) is 0 Å². The van der Waals surface area contributed by atoms with Crippen LogP contribution in [0.2, 0.25) is 5.02 Å². The molecule has 0 fully saturated rings. The molecule has 0 aliphatic rings. The lowest BCUT2D eigenvalue weighted by atomic mass is 10.1. The zero-order valence-electron chi connectivity index (χ0n) is 11.8. The van der Waals surface area contributed by atoms with E-state index in [9.17, 15) is 4.79 Å². The van der Waals surface area contributed by atoms with E-state index in [1.807, 2.05) is 32.0 Å². The SMILES string of the molecule is Cc1ccc(Oc2c(Cl)cccc2/C=C/C(=O)O)c(C)c1. The van der Waals surface area contributed by atoms with Gasteiger partial charge in [-0.25, -0.2) is 4.79 Å². The molecule has 0 heterocycles. The van der Waals surface area contributed by atoms with Crippen molar-refractivity contribution in [2.24, 2.45) is 0 Å². The Kier molecular flexibility index (Phi) is 4.66. The van der Waals surface area contributed by atoms with E-state index in [-0.39, 0.29) is 0 Å². The number of para-hydroxylation sites is 1. The van der Waals surface area contributed by atoms with Crippen molar-refractivity contribution in [2.75, 3.05) is 0 Å². The number of hydrogen-bond acceptors (Lipinski definition) is 2. The number of halogens is 1. The summed E-state index contributed by atoms with van der Waals surface area (Å²) in [6, 6.07) is 11.0. The number of aliphatic carboxylic acids is 1. The average molecular weight is 303 g/mol. The Morgan fingerprint density at radius 3 is 2.67 bits per heavy atom. The van der Waals surface area contributed by atoms with Gasteiger partial charge in [-0.2, -0.15) is 0 Å². The monoisotopic (exact) mass is 302 g/mol. The zero-order chi connectivity index (χ0) is 15.4. The Morgan fingerprint density at radius 1 is 1.24 bits per heavy atom. The number of hydrogen-bond donors (Lipinski definition) is 1. The van der Waals surface area contributed by atoms with Gasteiger partial charge in [0.05, 0.1) is 5.02 Å². The molecule has 0 aliphatic heterocycles. The van der Waals surface area contributed by atoms with Crippen molar-refractivity contribution in [1.82, 2.24) is 0 Å². The highest BCUT2D eigenvalue weighted by Gasteiger charge is 2.09. The topological polar surface area (TPSA) is 46.5 Å². The molecule has 108 valence electrons. The van der Waals surface area contributed by atoms with Crippen LogP contribution in [0.25, 0.3) is 6.08 Å². The second-order valence-corrected chi connectivity index (χ2v) is 5.11. The molecule has 2 aromatic rings. The van der Waals surface area contributed by atoms with Crippen LogP contribution in [0.15, 0.2) is 42.5 Å². The summed E-state index contributed by atoms with van der Waals surface area (Å²) in [5.74, 6) is 0.120. The second kappa shape index (κ2) is 6.46. The highest BCUT2D eigenvalue weighted by molar-refractivity contribution is 6.32. The Labute approximate surface area is 128 Å². The lowest BCUT2D eigenvalue weighted by molar-refractivity contribution is -0.131. The molecule has 21 heavy (non-hydrogen) atoms. The quantitative estimate of drug-likeness (QED) is 0.821. The summed E-state index contributed by atoms with van der Waals surface area (Å²) in [4.78, 5) is 10.7. The molecule has 0 radical (unpaired) electrons. The molecule has 2 rings (SSSR count). The van der Waals surface area contributed by atoms with Crippen LogP contribution in [0.3, 0.4) is 0 Å². The van der Waals surface area contributed by atoms with Crippen LogP contribution < -0.4 is 4.74 Å². The van der Waals surface area contributed by atoms with E-state index in [0.717, 1.165) is 17.2 Å². The molecule has 1 N–H and O–H groups in total. The van der Waals surface area contributed by atoms with Crippen LogP contribution in [-0.4, -0.2) is 11.1 Å². The van der Waals surface area contributed by atoms with Crippen molar-refractivity contribution in [2.45, 2.75) is 13.8 Å². The number of aryl methyl sites for hydroxylation is 2. The van der Waals surface area contributed by atoms with Crippen LogP contribution in [0, 0.1) is 13.8 Å². The average Bonchev–Trinajstić information content (AvgIpc) is 2.42. The van der Waals surface area contributed by atoms with Gasteiger partial charge in [-0.1, -0.05) is 41.4 Å². The Balaban J connectivity index is 2.41. The fourth-order valence-electron chi connectivity index (χ4n) is 1.95. The second-order valence-electron chi connectivity index (χ2n) is 4.70. The Morgan fingerprint density at radius 2 is 2.00 bits per heavy atom. The summed E-state index contributed by atoms with van der Waals surface area (Å²) in [6.07, 6.45) is 2.52. The minimum atomic E-state index is -1.02. The molecule has 4 heteroatoms. The van der Waals surface area contributed by atoms with Crippen molar-refractivity contribution >= 4 is 23.6 Å². The van der Waals surface area contributed by atoms with Crippen LogP contribution in [0.1, 0.15) is 16.7 Å². The van der Waals surface area contributed by atoms with E-state index >= 15 is 0 Å². The smallest absolute Gasteiger partial charge is 0.328 e. The minimum Gasteiger partial charge on any atom is -0.478 e. The third-order valence-electron chi connectivity index (χ3n) is 2.95. The normalized spacial score (nSPS) is 10.8. The zero-order valence-corrected chi connectivity index (χ0v) is 12.5. The van der Waals surface area contributed by atoms with Crippen molar-refractivity contribution in [3.05, 3.63) is 64.2 Å². The van der Waals surface area contributed by atoms with Crippen LogP contribution in [0.5, 0.6) is 11.5 Å². The van der Waals surface area contributed by atoms with Crippen LogP contribution in [-0.2, 0) is 4.79 Å². The van der Waals surface area contributed by atoms with E-state index < -0.39 is 5.97 Å². The van der Waals surface area contributed by atoms with E-state index in [0.29, 0.717) is 22.1 Å². The largest absolute Gasteiger partial charge is 0.478 e. The summed E-state index contributed by atoms with van der Waals surface area (Å²) in [5, 5.41) is 9.17. The Hall–Kier alpha value is -2.26. The molecule has 0 spiro atoms. The summed E-state index contributed by atoms with van der Waals surface area (Å²) in [6.45, 7) is 3.96. The predicted octanol–water partition coefficient (Wildman–Crippen LogP) is 4.85. The van der Waals surface area contributed by atoms with E-state index in [1.165, 1.54) is 6.08 Å². The number of carboxylic acids is 1. The first kappa shape index (κ1) is 15.1. The van der Waals surface area contributed by atoms with Gasteiger partial charge >= 0.3 is 5.97 Å². The summed E-state index contributed by atoms with van der Waals surface area (Å²) in [7, 11) is 0. The lowest BCUT2D eigenvalue weighted by Crippen LogP contribution is -1.92. The molecule has 3 nitrogen and oxygen atoms in total. The molecule has 0 unspecified atom stereocenters. The number of ether oxygens (including phenoxy) is 1. The first-order valence-corrected chi connectivity index (χ1v) is 6.80. The van der Waals surface area contributed by atoms with Crippen molar-refractivity contribution < 1.29 is 14.6 Å². The van der Waals surface area contributed by atoms with E-state index in [2.05, 4.69) is 0 Å². The molecule has 2 aromatic carbocycles. The fraction of sp³-hybridized carbons (Fsp3) is 0.118. The highest BCUT2D eigenvalue weighted by Crippen LogP contribution is 2.35. The van der Waals surface area contributed by atoms with Gasteiger partial charge in [0, 0.05) is 11.6 Å². The van der Waals surface area contributed by atoms with Crippen molar-refractivity contribution in [3.63, 3.8) is 0 Å². The first-order valence-electron chi connectivity index (χ1n) is 6.42. The predicted molar refractivity (Wildman–Crippen MR) is 84.1 cm³/mol. The van der Waals surface area contributed by atoms with E-state index in [1.54, 1.807) is 18.2 Å². The van der Waals surface area contributed by atoms with Gasteiger partial charge in [-0.05, 0) is 37.6 Å². The number of benzene rings is 2. The summed E-state index contributed by atoms with van der Waals surface area (Å²) >= 11 is 6.17. The van der Waals surface area contributed by atoms with Crippen molar-refractivity contribution in [3.8, 4) is 11.5 Å². The number of rotatable bonds is 4. The maximum absolute atomic E-state index is 10.7. The maximum Gasteiger partial charge on any atom is 0.328 e. The van der Waals surface area contributed by atoms with E-state index in [4.69, 9.17) is 21.4 Å². The van der Waals surface area contributed by atoms with Gasteiger partial charge in [0.1, 0.15) is 5.75 Å². The molecule has 0 amide bonds. The summed E-state index contributed by atoms with van der Waals surface area (Å²) < 4.78 is 5.88. The maximum atomic E-state index is 10.7. The number of carbonyl (C=O) groups is 1. The molecular weight excluding hydrogens is 288 g/mol.